The van der Waals surface area contributed by atoms with E-state index < -0.39 is 17.8 Å². The highest BCUT2D eigenvalue weighted by molar-refractivity contribution is 9.10. The van der Waals surface area contributed by atoms with Gasteiger partial charge in [0.25, 0.3) is 0 Å². The number of hydrogen-bond donors (Lipinski definition) is 1. The SMILES string of the molecule is COCCCC(O)c1cc(C(F)(F)F)ccc1Br. The summed E-state index contributed by atoms with van der Waals surface area (Å²) in [5, 5.41) is 9.87. The lowest BCUT2D eigenvalue weighted by atomic mass is 10.0. The summed E-state index contributed by atoms with van der Waals surface area (Å²) in [7, 11) is 1.53. The molecule has 0 fully saturated rings. The van der Waals surface area contributed by atoms with E-state index in [0.29, 0.717) is 23.9 Å². The van der Waals surface area contributed by atoms with Crippen LogP contribution in [0.15, 0.2) is 22.7 Å². The van der Waals surface area contributed by atoms with Gasteiger partial charge in [-0.3, -0.25) is 0 Å². The molecular weight excluding hydrogens is 313 g/mol. The zero-order valence-corrected chi connectivity index (χ0v) is 11.4. The van der Waals surface area contributed by atoms with Crippen molar-refractivity contribution < 1.29 is 23.0 Å². The van der Waals surface area contributed by atoms with Gasteiger partial charge >= 0.3 is 6.18 Å². The van der Waals surface area contributed by atoms with E-state index in [1.165, 1.54) is 13.2 Å². The Balaban J connectivity index is 2.86. The first-order valence-corrected chi connectivity index (χ1v) is 6.19. The highest BCUT2D eigenvalue weighted by Gasteiger charge is 2.31. The van der Waals surface area contributed by atoms with Crippen molar-refractivity contribution in [1.82, 2.24) is 0 Å². The molecule has 0 aliphatic rings. The van der Waals surface area contributed by atoms with Crippen molar-refractivity contribution in [3.05, 3.63) is 33.8 Å². The number of hydrogen-bond acceptors (Lipinski definition) is 2. The van der Waals surface area contributed by atoms with E-state index >= 15 is 0 Å². The van der Waals surface area contributed by atoms with E-state index in [4.69, 9.17) is 4.74 Å². The Hall–Kier alpha value is -0.590. The summed E-state index contributed by atoms with van der Waals surface area (Å²) in [6.45, 7) is 0.466. The maximum atomic E-state index is 12.6. The number of halogens is 4. The van der Waals surface area contributed by atoms with E-state index in [-0.39, 0.29) is 5.56 Å². The molecule has 0 heterocycles. The first-order valence-electron chi connectivity index (χ1n) is 5.40. The molecule has 0 amide bonds. The third-order valence-corrected chi connectivity index (χ3v) is 3.23. The lowest BCUT2D eigenvalue weighted by Crippen LogP contribution is -2.08. The molecule has 1 aromatic rings. The summed E-state index contributed by atoms with van der Waals surface area (Å²) < 4.78 is 43.0. The topological polar surface area (TPSA) is 29.5 Å². The Labute approximate surface area is 112 Å². The lowest BCUT2D eigenvalue weighted by molar-refractivity contribution is -0.137. The maximum Gasteiger partial charge on any atom is 0.416 e. The van der Waals surface area contributed by atoms with Crippen molar-refractivity contribution in [2.45, 2.75) is 25.1 Å². The molecule has 0 aromatic heterocycles. The third-order valence-electron chi connectivity index (χ3n) is 2.51. The largest absolute Gasteiger partial charge is 0.416 e. The molecule has 18 heavy (non-hydrogen) atoms. The summed E-state index contributed by atoms with van der Waals surface area (Å²) in [5.41, 5.74) is -0.507. The van der Waals surface area contributed by atoms with Crippen LogP contribution >= 0.6 is 15.9 Å². The minimum Gasteiger partial charge on any atom is -0.388 e. The summed E-state index contributed by atoms with van der Waals surface area (Å²) >= 11 is 3.15. The van der Waals surface area contributed by atoms with E-state index in [1.54, 1.807) is 0 Å². The number of methoxy groups -OCH3 is 1. The van der Waals surface area contributed by atoms with Crippen LogP contribution in [0.1, 0.15) is 30.1 Å². The predicted molar refractivity (Wildman–Crippen MR) is 65.2 cm³/mol. The summed E-state index contributed by atoms with van der Waals surface area (Å²) in [6.07, 6.45) is -4.40. The van der Waals surface area contributed by atoms with Crippen molar-refractivity contribution in [3.63, 3.8) is 0 Å². The monoisotopic (exact) mass is 326 g/mol. The molecule has 2 nitrogen and oxygen atoms in total. The van der Waals surface area contributed by atoms with Crippen molar-refractivity contribution in [2.24, 2.45) is 0 Å². The van der Waals surface area contributed by atoms with Gasteiger partial charge in [-0.2, -0.15) is 13.2 Å². The first-order chi connectivity index (χ1) is 8.36. The number of aliphatic hydroxyl groups is 1. The van der Waals surface area contributed by atoms with Crippen molar-refractivity contribution >= 4 is 15.9 Å². The average Bonchev–Trinajstić information content (AvgIpc) is 2.28. The Morgan fingerprint density at radius 1 is 1.39 bits per heavy atom. The van der Waals surface area contributed by atoms with E-state index in [2.05, 4.69) is 15.9 Å². The average molecular weight is 327 g/mol. The van der Waals surface area contributed by atoms with Crippen LogP contribution < -0.4 is 0 Å². The molecule has 0 radical (unpaired) electrons. The number of rotatable bonds is 5. The fraction of sp³-hybridized carbons (Fsp3) is 0.500. The van der Waals surface area contributed by atoms with Crippen LogP contribution in [0.3, 0.4) is 0 Å². The number of ether oxygens (including phenoxy) is 1. The van der Waals surface area contributed by atoms with E-state index in [0.717, 1.165) is 12.1 Å². The Morgan fingerprint density at radius 2 is 2.06 bits per heavy atom. The lowest BCUT2D eigenvalue weighted by Gasteiger charge is -2.15. The molecule has 0 bridgehead atoms. The smallest absolute Gasteiger partial charge is 0.388 e. The van der Waals surface area contributed by atoms with Gasteiger partial charge in [0.1, 0.15) is 0 Å². The van der Waals surface area contributed by atoms with Crippen LogP contribution in [0.5, 0.6) is 0 Å². The number of alkyl halides is 3. The Morgan fingerprint density at radius 3 is 2.61 bits per heavy atom. The minimum atomic E-state index is -4.40. The van der Waals surface area contributed by atoms with Crippen molar-refractivity contribution in [2.75, 3.05) is 13.7 Å². The molecule has 6 heteroatoms. The number of aliphatic hydroxyl groups excluding tert-OH is 1. The second-order valence-electron chi connectivity index (χ2n) is 3.88. The molecule has 1 rings (SSSR count). The molecule has 102 valence electrons. The van der Waals surface area contributed by atoms with Crippen LogP contribution in [0.4, 0.5) is 13.2 Å². The van der Waals surface area contributed by atoms with Crippen molar-refractivity contribution in [3.8, 4) is 0 Å². The van der Waals surface area contributed by atoms with Gasteiger partial charge in [-0.1, -0.05) is 15.9 Å². The highest BCUT2D eigenvalue weighted by atomic mass is 79.9. The van der Waals surface area contributed by atoms with Crippen LogP contribution in [-0.2, 0) is 10.9 Å². The van der Waals surface area contributed by atoms with Gasteiger partial charge in [0.05, 0.1) is 11.7 Å². The molecule has 0 aliphatic heterocycles. The molecule has 1 N–H and O–H groups in total. The molecule has 0 aliphatic carbocycles. The zero-order valence-electron chi connectivity index (χ0n) is 9.80. The highest BCUT2D eigenvalue weighted by Crippen LogP contribution is 2.34. The van der Waals surface area contributed by atoms with Gasteiger partial charge < -0.3 is 9.84 Å². The summed E-state index contributed by atoms with van der Waals surface area (Å²) in [5.74, 6) is 0. The predicted octanol–water partition coefficient (Wildman–Crippen LogP) is 3.93. The minimum absolute atomic E-state index is 0.251. The normalized spacial score (nSPS) is 13.7. The van der Waals surface area contributed by atoms with Gasteiger partial charge in [-0.15, -0.1) is 0 Å². The molecule has 1 unspecified atom stereocenters. The maximum absolute atomic E-state index is 12.6. The summed E-state index contributed by atoms with van der Waals surface area (Å²) in [4.78, 5) is 0. The van der Waals surface area contributed by atoms with Crippen LogP contribution in [-0.4, -0.2) is 18.8 Å². The molecule has 0 saturated carbocycles. The summed E-state index contributed by atoms with van der Waals surface area (Å²) in [6, 6.07) is 3.26. The van der Waals surface area contributed by atoms with Crippen LogP contribution in [0, 0.1) is 0 Å². The second-order valence-corrected chi connectivity index (χ2v) is 4.74. The van der Waals surface area contributed by atoms with Gasteiger partial charge in [0.2, 0.25) is 0 Å². The second kappa shape index (κ2) is 6.54. The van der Waals surface area contributed by atoms with Crippen LogP contribution in [0.25, 0.3) is 0 Å². The Bertz CT molecular complexity index is 393. The fourth-order valence-electron chi connectivity index (χ4n) is 1.55. The third kappa shape index (κ3) is 4.26. The first kappa shape index (κ1) is 15.5. The van der Waals surface area contributed by atoms with Crippen molar-refractivity contribution in [1.29, 1.82) is 0 Å². The zero-order chi connectivity index (χ0) is 13.8. The van der Waals surface area contributed by atoms with Gasteiger partial charge in [-0.05, 0) is 36.6 Å². The molecule has 0 saturated heterocycles. The van der Waals surface area contributed by atoms with Gasteiger partial charge in [0, 0.05) is 18.2 Å². The van der Waals surface area contributed by atoms with E-state index in [9.17, 15) is 18.3 Å². The number of benzene rings is 1. The Kier molecular flexibility index (Phi) is 5.62. The van der Waals surface area contributed by atoms with Gasteiger partial charge in [-0.25, -0.2) is 0 Å². The molecule has 1 aromatic carbocycles. The van der Waals surface area contributed by atoms with Crippen LogP contribution in [0.2, 0.25) is 0 Å². The fourth-order valence-corrected chi connectivity index (χ4v) is 2.06. The quantitative estimate of drug-likeness (QED) is 0.831. The van der Waals surface area contributed by atoms with Gasteiger partial charge in [0.15, 0.2) is 0 Å². The van der Waals surface area contributed by atoms with E-state index in [1.807, 2.05) is 0 Å². The molecule has 0 spiro atoms. The molecule has 1 atom stereocenters. The standard InChI is InChI=1S/C12H14BrF3O2/c1-18-6-2-3-11(17)9-7-8(12(14,15)16)4-5-10(9)13/h4-5,7,11,17H,2-3,6H2,1H3. The molecular formula is C12H14BrF3O2.